The van der Waals surface area contributed by atoms with Crippen LogP contribution in [-0.4, -0.2) is 11.1 Å². The summed E-state index contributed by atoms with van der Waals surface area (Å²) in [6.07, 6.45) is 1.51. The molecule has 3 nitrogen and oxygen atoms in total. The highest BCUT2D eigenvalue weighted by atomic mass is 35.5. The topological polar surface area (TPSA) is 63.3 Å². The fourth-order valence-corrected chi connectivity index (χ4v) is 2.17. The minimum atomic E-state index is -1.04. The van der Waals surface area contributed by atoms with Crippen molar-refractivity contribution in [3.63, 3.8) is 0 Å². The van der Waals surface area contributed by atoms with Crippen LogP contribution in [0.3, 0.4) is 0 Å². The van der Waals surface area contributed by atoms with E-state index in [9.17, 15) is 9.90 Å². The van der Waals surface area contributed by atoms with Crippen LogP contribution in [0.15, 0.2) is 42.5 Å². The molecule has 2 rings (SSSR count). The third-order valence-corrected chi connectivity index (χ3v) is 3.28. The number of anilines is 1. The van der Waals surface area contributed by atoms with Gasteiger partial charge in [0.2, 0.25) is 0 Å². The first-order valence-electron chi connectivity index (χ1n) is 5.73. The molecule has 0 aliphatic rings. The molecule has 0 radical (unpaired) electrons. The number of carboxylic acid groups (broad SMARTS) is 1. The lowest BCUT2D eigenvalue weighted by Crippen LogP contribution is -2.00. The predicted octanol–water partition coefficient (Wildman–Crippen LogP) is 4.20. The Morgan fingerprint density at radius 3 is 2.30 bits per heavy atom. The van der Waals surface area contributed by atoms with Crippen molar-refractivity contribution >= 4 is 46.5 Å². The molecule has 2 aromatic rings. The molecule has 0 fully saturated rings. The smallest absolute Gasteiger partial charge is 0.336 e. The highest BCUT2D eigenvalue weighted by molar-refractivity contribution is 6.36. The summed E-state index contributed by atoms with van der Waals surface area (Å²) in [6.45, 7) is 0. The Balaban J connectivity index is 2.50. The summed E-state index contributed by atoms with van der Waals surface area (Å²) in [7, 11) is 0. The van der Waals surface area contributed by atoms with Crippen molar-refractivity contribution in [1.29, 1.82) is 0 Å². The van der Waals surface area contributed by atoms with Crippen LogP contribution in [0.25, 0.3) is 11.6 Å². The van der Waals surface area contributed by atoms with Gasteiger partial charge in [-0.1, -0.05) is 41.4 Å². The van der Waals surface area contributed by atoms with Gasteiger partial charge >= 0.3 is 5.97 Å². The number of benzene rings is 2. The van der Waals surface area contributed by atoms with Gasteiger partial charge in [0.15, 0.2) is 0 Å². The summed E-state index contributed by atoms with van der Waals surface area (Å²) in [6, 6.07) is 11.5. The number of carboxylic acids is 1. The van der Waals surface area contributed by atoms with Crippen LogP contribution in [0.4, 0.5) is 5.69 Å². The van der Waals surface area contributed by atoms with Crippen LogP contribution < -0.4 is 5.73 Å². The van der Waals surface area contributed by atoms with Crippen molar-refractivity contribution in [2.24, 2.45) is 0 Å². The highest BCUT2D eigenvalue weighted by Gasteiger charge is 2.11. The van der Waals surface area contributed by atoms with Crippen LogP contribution in [0, 0.1) is 0 Å². The molecule has 0 aromatic heterocycles. The lowest BCUT2D eigenvalue weighted by atomic mass is 10.0. The molecule has 0 atom stereocenters. The molecule has 0 bridgehead atoms. The average molecular weight is 308 g/mol. The molecular weight excluding hydrogens is 297 g/mol. The van der Waals surface area contributed by atoms with Gasteiger partial charge < -0.3 is 10.8 Å². The molecule has 0 unspecified atom stereocenters. The monoisotopic (exact) mass is 307 g/mol. The Labute approximate surface area is 126 Å². The molecule has 0 aliphatic carbocycles. The molecule has 3 N–H and O–H groups in total. The minimum absolute atomic E-state index is 0.134. The Morgan fingerprint density at radius 2 is 1.75 bits per heavy atom. The van der Waals surface area contributed by atoms with E-state index in [-0.39, 0.29) is 5.57 Å². The lowest BCUT2D eigenvalue weighted by Gasteiger charge is -2.05. The highest BCUT2D eigenvalue weighted by Crippen LogP contribution is 2.26. The second-order valence-electron chi connectivity index (χ2n) is 4.15. The van der Waals surface area contributed by atoms with E-state index in [0.29, 0.717) is 26.9 Å². The summed E-state index contributed by atoms with van der Waals surface area (Å²) in [4.78, 5) is 11.4. The lowest BCUT2D eigenvalue weighted by molar-refractivity contribution is -0.130. The Hall–Kier alpha value is -1.97. The molecule has 102 valence electrons. The second kappa shape index (κ2) is 5.99. The van der Waals surface area contributed by atoms with Crippen LogP contribution in [0.1, 0.15) is 11.1 Å². The molecule has 5 heteroatoms. The molecule has 2 aromatic carbocycles. The number of aliphatic carboxylic acids is 1. The van der Waals surface area contributed by atoms with E-state index in [4.69, 9.17) is 28.9 Å². The van der Waals surface area contributed by atoms with Crippen molar-refractivity contribution in [1.82, 2.24) is 0 Å². The van der Waals surface area contributed by atoms with Gasteiger partial charge in [0.25, 0.3) is 0 Å². The fourth-order valence-electron chi connectivity index (χ4n) is 1.71. The number of nitrogens with two attached hydrogens (primary N) is 1. The van der Waals surface area contributed by atoms with Crippen molar-refractivity contribution in [2.75, 3.05) is 5.73 Å². The van der Waals surface area contributed by atoms with Gasteiger partial charge in [0.05, 0.1) is 5.57 Å². The summed E-state index contributed by atoms with van der Waals surface area (Å²) < 4.78 is 0. The molecule has 0 aliphatic heterocycles. The summed E-state index contributed by atoms with van der Waals surface area (Å²) in [5, 5.41) is 10.2. The normalized spacial score (nSPS) is 11.4. The zero-order valence-corrected chi connectivity index (χ0v) is 11.8. The summed E-state index contributed by atoms with van der Waals surface area (Å²) >= 11 is 11.9. The Kier molecular flexibility index (Phi) is 4.32. The number of carbonyl (C=O) groups is 1. The quantitative estimate of drug-likeness (QED) is 0.507. The van der Waals surface area contributed by atoms with Crippen molar-refractivity contribution in [3.8, 4) is 0 Å². The zero-order chi connectivity index (χ0) is 14.7. The van der Waals surface area contributed by atoms with Gasteiger partial charge in [-0.15, -0.1) is 0 Å². The van der Waals surface area contributed by atoms with Gasteiger partial charge in [-0.05, 0) is 41.5 Å². The third-order valence-electron chi connectivity index (χ3n) is 2.71. The molecular formula is C15H11Cl2NO2. The van der Waals surface area contributed by atoms with Gasteiger partial charge in [-0.3, -0.25) is 0 Å². The average Bonchev–Trinajstić information content (AvgIpc) is 2.39. The first kappa shape index (κ1) is 14.4. The van der Waals surface area contributed by atoms with E-state index in [2.05, 4.69) is 0 Å². The van der Waals surface area contributed by atoms with Crippen LogP contribution in [0.2, 0.25) is 10.0 Å². The fraction of sp³-hybridized carbons (Fsp3) is 0. The maximum atomic E-state index is 11.4. The Morgan fingerprint density at radius 1 is 1.10 bits per heavy atom. The maximum absolute atomic E-state index is 11.4. The zero-order valence-electron chi connectivity index (χ0n) is 10.3. The van der Waals surface area contributed by atoms with Gasteiger partial charge in [0, 0.05) is 15.7 Å². The molecule has 0 saturated carbocycles. The molecule has 0 spiro atoms. The second-order valence-corrected chi connectivity index (χ2v) is 4.99. The van der Waals surface area contributed by atoms with Gasteiger partial charge in [-0.25, -0.2) is 4.79 Å². The predicted molar refractivity (Wildman–Crippen MR) is 82.8 cm³/mol. The van der Waals surface area contributed by atoms with Gasteiger partial charge in [-0.2, -0.15) is 0 Å². The number of halogens is 2. The third kappa shape index (κ3) is 3.32. The number of hydrogen-bond donors (Lipinski definition) is 2. The summed E-state index contributed by atoms with van der Waals surface area (Å²) in [5.74, 6) is -1.04. The van der Waals surface area contributed by atoms with Crippen LogP contribution in [0.5, 0.6) is 0 Å². The SMILES string of the molecule is Nc1ccc(/C(=C/c2ccc(Cl)cc2Cl)C(=O)O)cc1. The largest absolute Gasteiger partial charge is 0.478 e. The van der Waals surface area contributed by atoms with Crippen LogP contribution in [-0.2, 0) is 4.79 Å². The molecule has 20 heavy (non-hydrogen) atoms. The number of nitrogen functional groups attached to an aromatic ring is 1. The number of hydrogen-bond acceptors (Lipinski definition) is 2. The molecule has 0 saturated heterocycles. The van der Waals surface area contributed by atoms with E-state index in [1.54, 1.807) is 42.5 Å². The summed E-state index contributed by atoms with van der Waals surface area (Å²) in [5.41, 5.74) is 7.44. The van der Waals surface area contributed by atoms with Gasteiger partial charge in [0.1, 0.15) is 0 Å². The molecule has 0 amide bonds. The van der Waals surface area contributed by atoms with Crippen molar-refractivity contribution in [3.05, 3.63) is 63.6 Å². The van der Waals surface area contributed by atoms with E-state index < -0.39 is 5.97 Å². The molecule has 0 heterocycles. The number of rotatable bonds is 3. The van der Waals surface area contributed by atoms with E-state index in [0.717, 1.165) is 0 Å². The first-order valence-corrected chi connectivity index (χ1v) is 6.49. The van der Waals surface area contributed by atoms with E-state index in [1.807, 2.05) is 0 Å². The minimum Gasteiger partial charge on any atom is -0.478 e. The van der Waals surface area contributed by atoms with E-state index >= 15 is 0 Å². The first-order chi connectivity index (χ1) is 9.47. The van der Waals surface area contributed by atoms with E-state index in [1.165, 1.54) is 6.08 Å². The van der Waals surface area contributed by atoms with Crippen molar-refractivity contribution in [2.45, 2.75) is 0 Å². The Bertz CT molecular complexity index is 679. The van der Waals surface area contributed by atoms with Crippen LogP contribution >= 0.6 is 23.2 Å². The standard InChI is InChI=1S/C15H11Cl2NO2/c16-11-4-1-10(14(17)8-11)7-13(15(19)20)9-2-5-12(18)6-3-9/h1-8H,18H2,(H,19,20)/b13-7-. The van der Waals surface area contributed by atoms with Crippen molar-refractivity contribution < 1.29 is 9.90 Å². The maximum Gasteiger partial charge on any atom is 0.336 e.